The molecule has 1 aromatic heterocycles. The van der Waals surface area contributed by atoms with Gasteiger partial charge in [-0.25, -0.2) is 4.79 Å². The van der Waals surface area contributed by atoms with Gasteiger partial charge in [0, 0.05) is 0 Å². The molecule has 0 atom stereocenters. The van der Waals surface area contributed by atoms with Crippen LogP contribution in [0.3, 0.4) is 0 Å². The van der Waals surface area contributed by atoms with E-state index in [9.17, 15) is 9.90 Å². The number of halogens is 3. The SMILES string of the molecule is Cc1noc(C)c1COc1c(Cl)cc(Cl)c(Cl)c1C(=O)O. The Kier molecular flexibility index (Phi) is 4.66. The second kappa shape index (κ2) is 6.13. The molecule has 5 nitrogen and oxygen atoms in total. The Morgan fingerprint density at radius 2 is 2.00 bits per heavy atom. The number of aromatic carboxylic acids is 1. The number of benzene rings is 1. The summed E-state index contributed by atoms with van der Waals surface area (Å²) >= 11 is 17.7. The van der Waals surface area contributed by atoms with E-state index in [-0.39, 0.29) is 33.0 Å². The first kappa shape index (κ1) is 15.9. The third kappa shape index (κ3) is 3.10. The van der Waals surface area contributed by atoms with Crippen LogP contribution in [-0.2, 0) is 6.61 Å². The Morgan fingerprint density at radius 3 is 2.52 bits per heavy atom. The van der Waals surface area contributed by atoms with Crippen LogP contribution in [0.4, 0.5) is 0 Å². The van der Waals surface area contributed by atoms with Crippen molar-refractivity contribution in [3.05, 3.63) is 43.7 Å². The molecule has 0 unspecified atom stereocenters. The van der Waals surface area contributed by atoms with Crippen molar-refractivity contribution < 1.29 is 19.2 Å². The molecule has 0 radical (unpaired) electrons. The van der Waals surface area contributed by atoms with Crippen LogP contribution in [0.1, 0.15) is 27.4 Å². The number of aryl methyl sites for hydroxylation is 2. The lowest BCUT2D eigenvalue weighted by atomic mass is 10.2. The van der Waals surface area contributed by atoms with Crippen LogP contribution in [0.15, 0.2) is 10.6 Å². The first-order valence-corrected chi connectivity index (χ1v) is 6.91. The molecule has 1 N–H and O–H groups in total. The molecule has 0 fully saturated rings. The minimum Gasteiger partial charge on any atom is -0.486 e. The smallest absolute Gasteiger partial charge is 0.341 e. The second-order valence-corrected chi connectivity index (χ2v) is 5.45. The number of carbonyl (C=O) groups is 1. The zero-order valence-corrected chi connectivity index (χ0v) is 13.3. The van der Waals surface area contributed by atoms with Gasteiger partial charge in [0.05, 0.1) is 26.3 Å². The van der Waals surface area contributed by atoms with Gasteiger partial charge in [0.25, 0.3) is 0 Å². The number of ether oxygens (including phenoxy) is 1. The van der Waals surface area contributed by atoms with Crippen LogP contribution < -0.4 is 4.74 Å². The summed E-state index contributed by atoms with van der Waals surface area (Å²) in [4.78, 5) is 11.3. The van der Waals surface area contributed by atoms with Gasteiger partial charge in [0.2, 0.25) is 0 Å². The summed E-state index contributed by atoms with van der Waals surface area (Å²) in [6, 6.07) is 1.33. The van der Waals surface area contributed by atoms with Gasteiger partial charge in [-0.05, 0) is 19.9 Å². The van der Waals surface area contributed by atoms with Crippen molar-refractivity contribution in [3.63, 3.8) is 0 Å². The lowest BCUT2D eigenvalue weighted by Crippen LogP contribution is -2.06. The number of carboxylic acids is 1. The Bertz CT molecular complexity index is 692. The van der Waals surface area contributed by atoms with E-state index in [0.29, 0.717) is 17.0 Å². The zero-order valence-electron chi connectivity index (χ0n) is 11.0. The third-order valence-corrected chi connectivity index (χ3v) is 3.95. The number of nitrogens with zero attached hydrogens (tertiary/aromatic N) is 1. The predicted octanol–water partition coefficient (Wildman–Crippen LogP) is 4.53. The van der Waals surface area contributed by atoms with Crippen molar-refractivity contribution in [3.8, 4) is 5.75 Å². The summed E-state index contributed by atoms with van der Waals surface area (Å²) in [5, 5.41) is 13.0. The van der Waals surface area contributed by atoms with Gasteiger partial charge in [-0.1, -0.05) is 40.0 Å². The van der Waals surface area contributed by atoms with Gasteiger partial charge in [-0.3, -0.25) is 0 Å². The van der Waals surface area contributed by atoms with Crippen LogP contribution >= 0.6 is 34.8 Å². The number of aromatic nitrogens is 1. The summed E-state index contributed by atoms with van der Waals surface area (Å²) in [7, 11) is 0. The van der Waals surface area contributed by atoms with Crippen LogP contribution in [-0.4, -0.2) is 16.2 Å². The summed E-state index contributed by atoms with van der Waals surface area (Å²) in [5.74, 6) is -0.739. The monoisotopic (exact) mass is 349 g/mol. The largest absolute Gasteiger partial charge is 0.486 e. The van der Waals surface area contributed by atoms with Crippen molar-refractivity contribution in [2.75, 3.05) is 0 Å². The molecule has 0 saturated carbocycles. The molecule has 8 heteroatoms. The fraction of sp³-hybridized carbons (Fsp3) is 0.231. The molecule has 0 amide bonds. The summed E-state index contributed by atoms with van der Waals surface area (Å²) < 4.78 is 10.5. The molecule has 2 aromatic rings. The number of rotatable bonds is 4. The van der Waals surface area contributed by atoms with E-state index in [1.165, 1.54) is 6.07 Å². The highest BCUT2D eigenvalue weighted by atomic mass is 35.5. The van der Waals surface area contributed by atoms with Crippen molar-refractivity contribution in [1.29, 1.82) is 0 Å². The topological polar surface area (TPSA) is 72.6 Å². The molecule has 2 rings (SSSR count). The van der Waals surface area contributed by atoms with Gasteiger partial charge in [0.1, 0.15) is 17.9 Å². The van der Waals surface area contributed by atoms with E-state index in [4.69, 9.17) is 44.1 Å². The Hall–Kier alpha value is -1.43. The quantitative estimate of drug-likeness (QED) is 0.820. The highest BCUT2D eigenvalue weighted by Gasteiger charge is 2.23. The zero-order chi connectivity index (χ0) is 15.7. The molecule has 21 heavy (non-hydrogen) atoms. The Balaban J connectivity index is 2.40. The van der Waals surface area contributed by atoms with Crippen molar-refractivity contribution in [2.24, 2.45) is 0 Å². The maximum absolute atomic E-state index is 11.3. The Morgan fingerprint density at radius 1 is 1.33 bits per heavy atom. The predicted molar refractivity (Wildman–Crippen MR) is 78.7 cm³/mol. The van der Waals surface area contributed by atoms with Gasteiger partial charge in [-0.2, -0.15) is 0 Å². The van der Waals surface area contributed by atoms with E-state index in [2.05, 4.69) is 5.16 Å². The highest BCUT2D eigenvalue weighted by Crippen LogP contribution is 2.39. The standard InChI is InChI=1S/C13H10Cl3NO4/c1-5-7(6(2)21-17-5)4-20-12-9(15)3-8(14)11(16)10(12)13(18)19/h3H,4H2,1-2H3,(H,18,19). The highest BCUT2D eigenvalue weighted by molar-refractivity contribution is 6.45. The molecule has 0 spiro atoms. The summed E-state index contributed by atoms with van der Waals surface area (Å²) in [5.41, 5.74) is 1.09. The van der Waals surface area contributed by atoms with Crippen LogP contribution in [0.25, 0.3) is 0 Å². The first-order valence-electron chi connectivity index (χ1n) is 5.78. The van der Waals surface area contributed by atoms with Crippen molar-refractivity contribution in [1.82, 2.24) is 5.16 Å². The second-order valence-electron chi connectivity index (χ2n) is 4.25. The molecule has 0 aliphatic rings. The molecule has 1 heterocycles. The van der Waals surface area contributed by atoms with E-state index < -0.39 is 5.97 Å². The lowest BCUT2D eigenvalue weighted by Gasteiger charge is -2.13. The molecule has 0 saturated heterocycles. The maximum atomic E-state index is 11.3. The summed E-state index contributed by atoms with van der Waals surface area (Å²) in [6.07, 6.45) is 0. The Labute approximate surface area is 135 Å². The first-order chi connectivity index (χ1) is 9.82. The molecule has 0 aliphatic heterocycles. The minimum atomic E-state index is -1.28. The molecule has 0 bridgehead atoms. The molecule has 1 aromatic carbocycles. The van der Waals surface area contributed by atoms with Gasteiger partial charge < -0.3 is 14.4 Å². The normalized spacial score (nSPS) is 10.7. The number of hydrogen-bond acceptors (Lipinski definition) is 4. The fourth-order valence-corrected chi connectivity index (χ4v) is 2.50. The number of hydrogen-bond donors (Lipinski definition) is 1. The van der Waals surface area contributed by atoms with E-state index in [1.807, 2.05) is 0 Å². The number of carboxylic acid groups (broad SMARTS) is 1. The average molecular weight is 351 g/mol. The fourth-order valence-electron chi connectivity index (χ4n) is 1.76. The van der Waals surface area contributed by atoms with Crippen LogP contribution in [0, 0.1) is 13.8 Å². The molecule has 0 aliphatic carbocycles. The van der Waals surface area contributed by atoms with E-state index in [1.54, 1.807) is 13.8 Å². The van der Waals surface area contributed by atoms with Crippen molar-refractivity contribution in [2.45, 2.75) is 20.5 Å². The van der Waals surface area contributed by atoms with Crippen LogP contribution in [0.2, 0.25) is 15.1 Å². The van der Waals surface area contributed by atoms with Crippen molar-refractivity contribution >= 4 is 40.8 Å². The van der Waals surface area contributed by atoms with Gasteiger partial charge in [0.15, 0.2) is 5.75 Å². The van der Waals surface area contributed by atoms with Gasteiger partial charge >= 0.3 is 5.97 Å². The van der Waals surface area contributed by atoms with E-state index in [0.717, 1.165) is 0 Å². The molecular formula is C13H10Cl3NO4. The van der Waals surface area contributed by atoms with Crippen LogP contribution in [0.5, 0.6) is 5.75 Å². The summed E-state index contributed by atoms with van der Waals surface area (Å²) in [6.45, 7) is 3.54. The average Bonchev–Trinajstić information content (AvgIpc) is 2.71. The lowest BCUT2D eigenvalue weighted by molar-refractivity contribution is 0.0692. The molecule has 112 valence electrons. The van der Waals surface area contributed by atoms with Gasteiger partial charge in [-0.15, -0.1) is 0 Å². The maximum Gasteiger partial charge on any atom is 0.341 e. The third-order valence-electron chi connectivity index (χ3n) is 2.88. The molecular weight excluding hydrogens is 341 g/mol. The minimum absolute atomic E-state index is 0.0430. The van der Waals surface area contributed by atoms with E-state index >= 15 is 0 Å².